The lowest BCUT2D eigenvalue weighted by Crippen LogP contribution is -2.39. The van der Waals surface area contributed by atoms with Crippen LogP contribution in [0.1, 0.15) is 25.7 Å². The smallest absolute Gasteiger partial charge is 0.241 e. The summed E-state index contributed by atoms with van der Waals surface area (Å²) in [6.07, 6.45) is 4.43. The van der Waals surface area contributed by atoms with Gasteiger partial charge < -0.3 is 10.6 Å². The normalized spacial score (nSPS) is 20.6. The molecule has 4 heteroatoms. The summed E-state index contributed by atoms with van der Waals surface area (Å²) in [5, 5.41) is 6.25. The molecular weight excluding hydrogens is 280 g/mol. The Bertz CT molecular complexity index is 387. The van der Waals surface area contributed by atoms with Crippen LogP contribution in [0.3, 0.4) is 0 Å². The Labute approximate surface area is 110 Å². The van der Waals surface area contributed by atoms with Gasteiger partial charge in [-0.2, -0.15) is 0 Å². The number of hydrogen-bond donors (Lipinski definition) is 2. The van der Waals surface area contributed by atoms with E-state index >= 15 is 0 Å². The van der Waals surface area contributed by atoms with Crippen LogP contribution in [-0.2, 0) is 4.79 Å². The van der Waals surface area contributed by atoms with E-state index in [2.05, 4.69) is 26.6 Å². The van der Waals surface area contributed by atoms with E-state index in [9.17, 15) is 4.79 Å². The van der Waals surface area contributed by atoms with Crippen LogP contribution in [0.25, 0.3) is 0 Å². The van der Waals surface area contributed by atoms with Gasteiger partial charge in [0.1, 0.15) is 0 Å². The number of carbonyl (C=O) groups is 1. The Kier molecular flexibility index (Phi) is 4.57. The van der Waals surface area contributed by atoms with E-state index in [1.807, 2.05) is 24.3 Å². The lowest BCUT2D eigenvalue weighted by Gasteiger charge is -2.16. The van der Waals surface area contributed by atoms with Crippen LogP contribution < -0.4 is 10.6 Å². The SMILES string of the molecule is O=C(Nc1ccccc1Br)C1CCCCCN1. The minimum absolute atomic E-state index is 0.0513. The standard InChI is InChI=1S/C13H17BrN2O/c14-10-6-3-4-7-11(10)16-13(17)12-8-2-1-5-9-15-12/h3-4,6-7,12,15H,1-2,5,8-9H2,(H,16,17). The Morgan fingerprint density at radius 2 is 2.12 bits per heavy atom. The Balaban J connectivity index is 1.98. The van der Waals surface area contributed by atoms with Gasteiger partial charge in [-0.1, -0.05) is 25.0 Å². The number of halogens is 1. The molecule has 1 aromatic rings. The highest BCUT2D eigenvalue weighted by atomic mass is 79.9. The predicted molar refractivity (Wildman–Crippen MR) is 73.0 cm³/mol. The molecule has 1 aliphatic rings. The molecule has 0 aliphatic carbocycles. The van der Waals surface area contributed by atoms with Crippen molar-refractivity contribution in [3.63, 3.8) is 0 Å². The fraction of sp³-hybridized carbons (Fsp3) is 0.462. The molecule has 1 aromatic carbocycles. The molecule has 2 rings (SSSR count). The fourth-order valence-electron chi connectivity index (χ4n) is 2.03. The van der Waals surface area contributed by atoms with Crippen LogP contribution in [0.2, 0.25) is 0 Å². The summed E-state index contributed by atoms with van der Waals surface area (Å²) in [5.41, 5.74) is 0.837. The second kappa shape index (κ2) is 6.17. The second-order valence-corrected chi connectivity index (χ2v) is 5.18. The van der Waals surface area contributed by atoms with Gasteiger partial charge in [0, 0.05) is 4.47 Å². The first kappa shape index (κ1) is 12.6. The van der Waals surface area contributed by atoms with Gasteiger partial charge in [0.05, 0.1) is 11.7 Å². The van der Waals surface area contributed by atoms with E-state index < -0.39 is 0 Å². The molecule has 0 bridgehead atoms. The molecule has 1 saturated heterocycles. The quantitative estimate of drug-likeness (QED) is 0.881. The molecule has 1 unspecified atom stereocenters. The van der Waals surface area contributed by atoms with Gasteiger partial charge in [0.15, 0.2) is 0 Å². The van der Waals surface area contributed by atoms with Crippen LogP contribution >= 0.6 is 15.9 Å². The second-order valence-electron chi connectivity index (χ2n) is 4.33. The molecule has 0 spiro atoms. The van der Waals surface area contributed by atoms with Crippen molar-refractivity contribution in [3.05, 3.63) is 28.7 Å². The molecular formula is C13H17BrN2O. The Morgan fingerprint density at radius 1 is 1.29 bits per heavy atom. The zero-order valence-corrected chi connectivity index (χ0v) is 11.3. The van der Waals surface area contributed by atoms with Crippen LogP contribution in [0.15, 0.2) is 28.7 Å². The molecule has 3 nitrogen and oxygen atoms in total. The first-order chi connectivity index (χ1) is 8.27. The lowest BCUT2D eigenvalue weighted by atomic mass is 10.1. The van der Waals surface area contributed by atoms with Gasteiger partial charge >= 0.3 is 0 Å². The summed E-state index contributed by atoms with van der Waals surface area (Å²) in [7, 11) is 0. The molecule has 1 aliphatic heterocycles. The molecule has 17 heavy (non-hydrogen) atoms. The van der Waals surface area contributed by atoms with Crippen molar-refractivity contribution in [3.8, 4) is 0 Å². The number of hydrogen-bond acceptors (Lipinski definition) is 2. The first-order valence-electron chi connectivity index (χ1n) is 6.06. The maximum Gasteiger partial charge on any atom is 0.241 e. The van der Waals surface area contributed by atoms with Crippen molar-refractivity contribution < 1.29 is 4.79 Å². The Hall–Kier alpha value is -0.870. The van der Waals surface area contributed by atoms with E-state index in [0.717, 1.165) is 29.5 Å². The van der Waals surface area contributed by atoms with E-state index in [1.54, 1.807) is 0 Å². The number of carbonyl (C=O) groups excluding carboxylic acids is 1. The van der Waals surface area contributed by atoms with E-state index in [-0.39, 0.29) is 11.9 Å². The maximum atomic E-state index is 12.1. The van der Waals surface area contributed by atoms with Crippen LogP contribution in [0.4, 0.5) is 5.69 Å². The number of anilines is 1. The summed E-state index contributed by atoms with van der Waals surface area (Å²) < 4.78 is 0.918. The number of para-hydroxylation sites is 1. The average molecular weight is 297 g/mol. The third-order valence-electron chi connectivity index (χ3n) is 3.01. The van der Waals surface area contributed by atoms with Crippen LogP contribution in [-0.4, -0.2) is 18.5 Å². The molecule has 1 heterocycles. The fourth-order valence-corrected chi connectivity index (χ4v) is 2.42. The van der Waals surface area contributed by atoms with E-state index in [1.165, 1.54) is 12.8 Å². The molecule has 0 saturated carbocycles. The van der Waals surface area contributed by atoms with E-state index in [0.29, 0.717) is 0 Å². The predicted octanol–water partition coefficient (Wildman–Crippen LogP) is 2.92. The van der Waals surface area contributed by atoms with Crippen LogP contribution in [0.5, 0.6) is 0 Å². The molecule has 0 aromatic heterocycles. The summed E-state index contributed by atoms with van der Waals surface area (Å²) in [6.45, 7) is 0.939. The van der Waals surface area contributed by atoms with Gasteiger partial charge in [-0.25, -0.2) is 0 Å². The number of rotatable bonds is 2. The van der Waals surface area contributed by atoms with Crippen molar-refractivity contribution in [2.75, 3.05) is 11.9 Å². The zero-order valence-electron chi connectivity index (χ0n) is 9.71. The summed E-state index contributed by atoms with van der Waals surface area (Å²) >= 11 is 3.43. The van der Waals surface area contributed by atoms with Gasteiger partial charge in [-0.15, -0.1) is 0 Å². The summed E-state index contributed by atoms with van der Waals surface area (Å²) in [4.78, 5) is 12.1. The molecule has 92 valence electrons. The number of nitrogens with one attached hydrogen (secondary N) is 2. The lowest BCUT2D eigenvalue weighted by molar-refractivity contribution is -0.118. The van der Waals surface area contributed by atoms with Crippen LogP contribution in [0, 0.1) is 0 Å². The minimum atomic E-state index is -0.0513. The summed E-state index contributed by atoms with van der Waals surface area (Å²) in [6, 6.07) is 7.63. The highest BCUT2D eigenvalue weighted by Crippen LogP contribution is 2.21. The van der Waals surface area contributed by atoms with Crippen molar-refractivity contribution in [2.24, 2.45) is 0 Å². The highest BCUT2D eigenvalue weighted by Gasteiger charge is 2.19. The van der Waals surface area contributed by atoms with Crippen molar-refractivity contribution in [1.29, 1.82) is 0 Å². The first-order valence-corrected chi connectivity index (χ1v) is 6.85. The molecule has 0 radical (unpaired) electrons. The van der Waals surface area contributed by atoms with Gasteiger partial charge in [0.2, 0.25) is 5.91 Å². The third-order valence-corrected chi connectivity index (χ3v) is 3.70. The summed E-state index contributed by atoms with van der Waals surface area (Å²) in [5.74, 6) is 0.0683. The molecule has 1 fully saturated rings. The maximum absolute atomic E-state index is 12.1. The van der Waals surface area contributed by atoms with E-state index in [4.69, 9.17) is 0 Å². The Morgan fingerprint density at radius 3 is 2.94 bits per heavy atom. The topological polar surface area (TPSA) is 41.1 Å². The van der Waals surface area contributed by atoms with Crippen molar-refractivity contribution in [1.82, 2.24) is 5.32 Å². The van der Waals surface area contributed by atoms with Gasteiger partial charge in [-0.3, -0.25) is 4.79 Å². The number of benzene rings is 1. The van der Waals surface area contributed by atoms with Crippen molar-refractivity contribution >= 4 is 27.5 Å². The molecule has 2 N–H and O–H groups in total. The average Bonchev–Trinajstić information content (AvgIpc) is 2.61. The van der Waals surface area contributed by atoms with Gasteiger partial charge in [0.25, 0.3) is 0 Å². The monoisotopic (exact) mass is 296 g/mol. The number of amides is 1. The zero-order chi connectivity index (χ0) is 12.1. The minimum Gasteiger partial charge on any atom is -0.324 e. The largest absolute Gasteiger partial charge is 0.324 e. The molecule has 1 amide bonds. The van der Waals surface area contributed by atoms with Gasteiger partial charge in [-0.05, 0) is 47.4 Å². The third kappa shape index (κ3) is 3.54. The van der Waals surface area contributed by atoms with Crippen molar-refractivity contribution in [2.45, 2.75) is 31.7 Å². The highest BCUT2D eigenvalue weighted by molar-refractivity contribution is 9.10. The molecule has 1 atom stereocenters.